The quantitative estimate of drug-likeness (QED) is 0.617. The molecule has 5 heteroatoms. The Hall–Kier alpha value is -0.710. The van der Waals surface area contributed by atoms with Crippen LogP contribution in [-0.4, -0.2) is 0 Å². The van der Waals surface area contributed by atoms with E-state index in [1.807, 2.05) is 6.07 Å². The van der Waals surface area contributed by atoms with Crippen molar-refractivity contribution in [1.29, 1.82) is 0 Å². The van der Waals surface area contributed by atoms with Crippen LogP contribution in [0.1, 0.15) is 5.56 Å². The zero-order valence-electron chi connectivity index (χ0n) is 9.29. The summed E-state index contributed by atoms with van der Waals surface area (Å²) in [7, 11) is 0. The van der Waals surface area contributed by atoms with Gasteiger partial charge in [0.2, 0.25) is 0 Å². The minimum Gasteiger partial charge on any atom is -0.399 e. The fraction of sp³-hybridized carbons (Fsp3) is 0.0769. The number of anilines is 1. The lowest BCUT2D eigenvalue weighted by molar-refractivity contribution is 0.616. The van der Waals surface area contributed by atoms with Gasteiger partial charge in [0.25, 0.3) is 0 Å². The second-order valence-electron chi connectivity index (χ2n) is 3.71. The molecule has 0 amide bonds. The van der Waals surface area contributed by atoms with Gasteiger partial charge in [-0.2, -0.15) is 0 Å². The molecule has 0 radical (unpaired) electrons. The van der Waals surface area contributed by atoms with Gasteiger partial charge in [-0.05, 0) is 35.9 Å². The van der Waals surface area contributed by atoms with Crippen LogP contribution in [0, 0.1) is 5.82 Å². The molecule has 0 heterocycles. The first kappa shape index (κ1) is 13.7. The summed E-state index contributed by atoms with van der Waals surface area (Å²) in [5.74, 6) is 0.291. The van der Waals surface area contributed by atoms with Crippen molar-refractivity contribution >= 4 is 45.0 Å². The van der Waals surface area contributed by atoms with Crippen molar-refractivity contribution in [3.05, 3.63) is 57.3 Å². The van der Waals surface area contributed by atoms with Crippen molar-refractivity contribution < 1.29 is 4.39 Å². The minimum atomic E-state index is -0.225. The van der Waals surface area contributed by atoms with Crippen molar-refractivity contribution in [1.82, 2.24) is 0 Å². The average Bonchev–Trinajstić information content (AvgIpc) is 2.32. The highest BCUT2D eigenvalue weighted by molar-refractivity contribution is 9.10. The third-order valence-corrected chi connectivity index (χ3v) is 4.39. The van der Waals surface area contributed by atoms with E-state index in [4.69, 9.17) is 17.3 Å². The SMILES string of the molecule is Nc1ccc(Cl)c(SCc2ccc(Br)cc2F)c1. The lowest BCUT2D eigenvalue weighted by Gasteiger charge is -2.06. The summed E-state index contributed by atoms with van der Waals surface area (Å²) in [6.07, 6.45) is 0. The lowest BCUT2D eigenvalue weighted by Crippen LogP contribution is -1.89. The van der Waals surface area contributed by atoms with Gasteiger partial charge in [0.15, 0.2) is 0 Å². The van der Waals surface area contributed by atoms with Gasteiger partial charge in [0, 0.05) is 20.8 Å². The van der Waals surface area contributed by atoms with E-state index < -0.39 is 0 Å². The van der Waals surface area contributed by atoms with E-state index in [2.05, 4.69) is 15.9 Å². The second-order valence-corrected chi connectivity index (χ2v) is 6.05. The highest BCUT2D eigenvalue weighted by Gasteiger charge is 2.06. The Kier molecular flexibility index (Phi) is 4.54. The van der Waals surface area contributed by atoms with Crippen molar-refractivity contribution in [2.45, 2.75) is 10.6 Å². The Morgan fingerprint density at radius 1 is 1.22 bits per heavy atom. The van der Waals surface area contributed by atoms with Gasteiger partial charge in [-0.3, -0.25) is 0 Å². The molecule has 0 aliphatic carbocycles. The van der Waals surface area contributed by atoms with Gasteiger partial charge in [0.1, 0.15) is 5.82 Å². The molecule has 0 aliphatic heterocycles. The first-order valence-electron chi connectivity index (χ1n) is 5.18. The number of thioether (sulfide) groups is 1. The molecule has 2 aromatic rings. The summed E-state index contributed by atoms with van der Waals surface area (Å²) in [5.41, 5.74) is 6.99. The summed E-state index contributed by atoms with van der Waals surface area (Å²) in [5, 5.41) is 0.631. The van der Waals surface area contributed by atoms with Crippen LogP contribution >= 0.6 is 39.3 Å². The van der Waals surface area contributed by atoms with Gasteiger partial charge in [0.05, 0.1) is 5.02 Å². The largest absolute Gasteiger partial charge is 0.399 e. The molecule has 94 valence electrons. The maximum atomic E-state index is 13.6. The molecular weight excluding hydrogens is 337 g/mol. The molecule has 2 rings (SSSR count). The van der Waals surface area contributed by atoms with E-state index in [1.54, 1.807) is 24.3 Å². The third-order valence-electron chi connectivity index (χ3n) is 2.35. The van der Waals surface area contributed by atoms with Crippen molar-refractivity contribution in [3.8, 4) is 0 Å². The van der Waals surface area contributed by atoms with Crippen molar-refractivity contribution in [3.63, 3.8) is 0 Å². The Bertz CT molecular complexity index is 577. The second kappa shape index (κ2) is 5.95. The number of rotatable bonds is 3. The first-order valence-corrected chi connectivity index (χ1v) is 7.33. The topological polar surface area (TPSA) is 26.0 Å². The fourth-order valence-electron chi connectivity index (χ4n) is 1.42. The highest BCUT2D eigenvalue weighted by Crippen LogP contribution is 2.32. The van der Waals surface area contributed by atoms with Gasteiger partial charge < -0.3 is 5.73 Å². The fourth-order valence-corrected chi connectivity index (χ4v) is 3.01. The van der Waals surface area contributed by atoms with Crippen LogP contribution in [0.25, 0.3) is 0 Å². The smallest absolute Gasteiger partial charge is 0.128 e. The van der Waals surface area contributed by atoms with E-state index in [0.29, 0.717) is 22.0 Å². The molecule has 1 nitrogen and oxygen atoms in total. The Morgan fingerprint density at radius 3 is 2.72 bits per heavy atom. The van der Waals surface area contributed by atoms with Crippen molar-refractivity contribution in [2.24, 2.45) is 0 Å². The van der Waals surface area contributed by atoms with Crippen LogP contribution < -0.4 is 5.73 Å². The Labute approximate surface area is 123 Å². The number of benzene rings is 2. The van der Waals surface area contributed by atoms with E-state index >= 15 is 0 Å². The molecule has 0 unspecified atom stereocenters. The lowest BCUT2D eigenvalue weighted by atomic mass is 10.2. The molecule has 0 aliphatic rings. The molecule has 0 saturated heterocycles. The summed E-state index contributed by atoms with van der Waals surface area (Å²) in [6, 6.07) is 10.3. The molecule has 0 atom stereocenters. The summed E-state index contributed by atoms with van der Waals surface area (Å²) < 4.78 is 14.4. The maximum absolute atomic E-state index is 13.6. The molecule has 0 bridgehead atoms. The first-order chi connectivity index (χ1) is 8.56. The number of hydrogen-bond acceptors (Lipinski definition) is 2. The minimum absolute atomic E-state index is 0.225. The van der Waals surface area contributed by atoms with Crippen molar-refractivity contribution in [2.75, 3.05) is 5.73 Å². The highest BCUT2D eigenvalue weighted by atomic mass is 79.9. The maximum Gasteiger partial charge on any atom is 0.128 e. The summed E-state index contributed by atoms with van der Waals surface area (Å²) >= 11 is 10.7. The zero-order chi connectivity index (χ0) is 13.1. The van der Waals surface area contributed by atoms with E-state index in [1.165, 1.54) is 17.8 Å². The van der Waals surface area contributed by atoms with Crippen LogP contribution in [0.3, 0.4) is 0 Å². The van der Waals surface area contributed by atoms with Crippen LogP contribution in [0.2, 0.25) is 5.02 Å². The summed E-state index contributed by atoms with van der Waals surface area (Å²) in [6.45, 7) is 0. The van der Waals surface area contributed by atoms with Gasteiger partial charge in [-0.25, -0.2) is 4.39 Å². The average molecular weight is 347 g/mol. The van der Waals surface area contributed by atoms with Gasteiger partial charge in [-0.15, -0.1) is 11.8 Å². The third kappa shape index (κ3) is 3.40. The monoisotopic (exact) mass is 345 g/mol. The van der Waals surface area contributed by atoms with Crippen LogP contribution in [0.15, 0.2) is 45.8 Å². The molecule has 2 aromatic carbocycles. The number of halogens is 3. The van der Waals surface area contributed by atoms with E-state index in [-0.39, 0.29) is 5.82 Å². The standard InChI is InChI=1S/C13H10BrClFNS/c14-9-2-1-8(12(16)5-9)7-18-13-6-10(17)3-4-11(13)15/h1-6H,7,17H2. The van der Waals surface area contributed by atoms with Gasteiger partial charge in [-0.1, -0.05) is 33.6 Å². The molecule has 0 spiro atoms. The predicted octanol–water partition coefficient (Wildman–Crippen LogP) is 5.12. The van der Waals surface area contributed by atoms with E-state index in [9.17, 15) is 4.39 Å². The molecule has 0 saturated carbocycles. The normalized spacial score (nSPS) is 10.6. The predicted molar refractivity (Wildman–Crippen MR) is 79.5 cm³/mol. The van der Waals surface area contributed by atoms with Gasteiger partial charge >= 0.3 is 0 Å². The molecule has 0 fully saturated rings. The van der Waals surface area contributed by atoms with Crippen LogP contribution in [0.4, 0.5) is 10.1 Å². The Morgan fingerprint density at radius 2 is 2.00 bits per heavy atom. The van der Waals surface area contributed by atoms with E-state index in [0.717, 1.165) is 9.37 Å². The van der Waals surface area contributed by atoms with Crippen LogP contribution in [0.5, 0.6) is 0 Å². The molecule has 2 N–H and O–H groups in total. The number of nitrogen functional groups attached to an aromatic ring is 1. The molecular formula is C13H10BrClFNS. The molecule has 0 aromatic heterocycles. The Balaban J connectivity index is 2.13. The summed E-state index contributed by atoms with van der Waals surface area (Å²) in [4.78, 5) is 0.860. The molecule has 18 heavy (non-hydrogen) atoms. The number of nitrogens with two attached hydrogens (primary N) is 1. The number of hydrogen-bond donors (Lipinski definition) is 1. The van der Waals surface area contributed by atoms with Crippen LogP contribution in [-0.2, 0) is 5.75 Å². The zero-order valence-corrected chi connectivity index (χ0v) is 12.4.